The smallest absolute Gasteiger partial charge is 0.316 e. The SMILES string of the molecule is CCOC(=O)C(c1nnc2c3[nH]cnc3ncn12)C(C)C. The van der Waals surface area contributed by atoms with E-state index in [1.54, 1.807) is 24.0 Å². The summed E-state index contributed by atoms with van der Waals surface area (Å²) >= 11 is 0. The zero-order valence-corrected chi connectivity index (χ0v) is 12.1. The number of hydrogen-bond donors (Lipinski definition) is 1. The molecule has 0 aliphatic rings. The Hall–Kier alpha value is -2.51. The predicted molar refractivity (Wildman–Crippen MR) is 74.6 cm³/mol. The Labute approximate surface area is 120 Å². The topological polar surface area (TPSA) is 98.1 Å². The first-order valence-corrected chi connectivity index (χ1v) is 6.82. The zero-order valence-electron chi connectivity index (χ0n) is 12.1. The summed E-state index contributed by atoms with van der Waals surface area (Å²) in [5.74, 6) is -0.218. The van der Waals surface area contributed by atoms with Crippen LogP contribution < -0.4 is 0 Å². The van der Waals surface area contributed by atoms with Crippen LogP contribution in [0.15, 0.2) is 12.7 Å². The van der Waals surface area contributed by atoms with Crippen molar-refractivity contribution in [1.29, 1.82) is 0 Å². The van der Waals surface area contributed by atoms with Crippen molar-refractivity contribution in [1.82, 2.24) is 29.5 Å². The third-order valence-electron chi connectivity index (χ3n) is 3.35. The van der Waals surface area contributed by atoms with E-state index in [9.17, 15) is 4.79 Å². The lowest BCUT2D eigenvalue weighted by atomic mass is 9.95. The number of imidazole rings is 1. The van der Waals surface area contributed by atoms with E-state index in [1.807, 2.05) is 13.8 Å². The standard InChI is InChI=1S/C13H16N6O2/c1-4-21-13(20)8(7(2)3)11-17-18-12-9-10(15-5-14-9)16-6-19(11)12/h5-8H,4H2,1-3H3,(H,14,15). The second-order valence-corrected chi connectivity index (χ2v) is 5.07. The third kappa shape index (κ3) is 2.12. The number of ether oxygens (including phenoxy) is 1. The van der Waals surface area contributed by atoms with Gasteiger partial charge in [0.15, 0.2) is 17.1 Å². The first kappa shape index (κ1) is 13.5. The van der Waals surface area contributed by atoms with Crippen LogP contribution in [0.5, 0.6) is 0 Å². The molecule has 0 aliphatic heterocycles. The molecule has 1 N–H and O–H groups in total. The van der Waals surface area contributed by atoms with Gasteiger partial charge in [-0.05, 0) is 12.8 Å². The molecule has 0 fully saturated rings. The predicted octanol–water partition coefficient (Wildman–Crippen LogP) is 1.30. The van der Waals surface area contributed by atoms with E-state index in [2.05, 4.69) is 25.1 Å². The number of nitrogens with zero attached hydrogens (tertiary/aromatic N) is 5. The Bertz CT molecular complexity index is 790. The van der Waals surface area contributed by atoms with Crippen molar-refractivity contribution in [2.24, 2.45) is 5.92 Å². The summed E-state index contributed by atoms with van der Waals surface area (Å²) in [7, 11) is 0. The van der Waals surface area contributed by atoms with Crippen LogP contribution in [0.1, 0.15) is 32.5 Å². The number of carbonyl (C=O) groups excluding carboxylic acids is 1. The average molecular weight is 288 g/mol. The average Bonchev–Trinajstić information content (AvgIpc) is 3.04. The van der Waals surface area contributed by atoms with Gasteiger partial charge in [0.2, 0.25) is 0 Å². The zero-order chi connectivity index (χ0) is 15.0. The molecular formula is C13H16N6O2. The van der Waals surface area contributed by atoms with Gasteiger partial charge in [0.05, 0.1) is 12.9 Å². The number of aromatic amines is 1. The maximum Gasteiger partial charge on any atom is 0.316 e. The molecule has 8 heteroatoms. The molecule has 1 unspecified atom stereocenters. The molecule has 110 valence electrons. The second-order valence-electron chi connectivity index (χ2n) is 5.07. The lowest BCUT2D eigenvalue weighted by Crippen LogP contribution is -2.23. The van der Waals surface area contributed by atoms with Gasteiger partial charge in [-0.25, -0.2) is 9.97 Å². The van der Waals surface area contributed by atoms with Crippen LogP contribution in [-0.2, 0) is 9.53 Å². The molecule has 0 radical (unpaired) electrons. The number of H-pyrrole nitrogens is 1. The number of esters is 1. The second kappa shape index (κ2) is 5.12. The molecule has 21 heavy (non-hydrogen) atoms. The van der Waals surface area contributed by atoms with Crippen LogP contribution in [0, 0.1) is 5.92 Å². The fourth-order valence-electron chi connectivity index (χ4n) is 2.37. The van der Waals surface area contributed by atoms with Crippen molar-refractivity contribution in [2.75, 3.05) is 6.61 Å². The van der Waals surface area contributed by atoms with Gasteiger partial charge < -0.3 is 9.72 Å². The molecule has 0 spiro atoms. The first-order valence-electron chi connectivity index (χ1n) is 6.82. The van der Waals surface area contributed by atoms with Gasteiger partial charge in [-0.15, -0.1) is 10.2 Å². The molecule has 1 atom stereocenters. The summed E-state index contributed by atoms with van der Waals surface area (Å²) in [4.78, 5) is 23.5. The van der Waals surface area contributed by atoms with Crippen molar-refractivity contribution in [2.45, 2.75) is 26.7 Å². The van der Waals surface area contributed by atoms with Crippen LogP contribution in [0.4, 0.5) is 0 Å². The highest BCUT2D eigenvalue weighted by Gasteiger charge is 2.30. The lowest BCUT2D eigenvalue weighted by molar-refractivity contribution is -0.146. The molecule has 3 aromatic rings. The fraction of sp³-hybridized carbons (Fsp3) is 0.462. The molecule has 3 heterocycles. The summed E-state index contributed by atoms with van der Waals surface area (Å²) in [6.07, 6.45) is 3.14. The number of carbonyl (C=O) groups is 1. The first-order chi connectivity index (χ1) is 10.1. The minimum atomic E-state index is -0.484. The van der Waals surface area contributed by atoms with Gasteiger partial charge in [-0.2, -0.15) is 0 Å². The van der Waals surface area contributed by atoms with Crippen LogP contribution >= 0.6 is 0 Å². The molecule has 0 amide bonds. The molecule has 3 rings (SSSR count). The van der Waals surface area contributed by atoms with Gasteiger partial charge in [-0.3, -0.25) is 9.20 Å². The van der Waals surface area contributed by atoms with Crippen molar-refractivity contribution < 1.29 is 9.53 Å². The van der Waals surface area contributed by atoms with Crippen LogP contribution in [0.3, 0.4) is 0 Å². The Kier molecular flexibility index (Phi) is 3.28. The summed E-state index contributed by atoms with van der Waals surface area (Å²) in [6, 6.07) is 0. The van der Waals surface area contributed by atoms with Crippen molar-refractivity contribution in [3.05, 3.63) is 18.5 Å². The lowest BCUT2D eigenvalue weighted by Gasteiger charge is -2.17. The van der Waals surface area contributed by atoms with E-state index >= 15 is 0 Å². The summed E-state index contributed by atoms with van der Waals surface area (Å²) in [5, 5.41) is 8.33. The summed E-state index contributed by atoms with van der Waals surface area (Å²) in [5.41, 5.74) is 1.86. The highest BCUT2D eigenvalue weighted by atomic mass is 16.5. The Balaban J connectivity index is 2.16. The van der Waals surface area contributed by atoms with Gasteiger partial charge in [0, 0.05) is 0 Å². The third-order valence-corrected chi connectivity index (χ3v) is 3.35. The number of fused-ring (bicyclic) bond motifs is 3. The molecule has 0 bridgehead atoms. The van der Waals surface area contributed by atoms with Crippen LogP contribution in [0.2, 0.25) is 0 Å². The molecular weight excluding hydrogens is 272 g/mol. The fourth-order valence-corrected chi connectivity index (χ4v) is 2.37. The number of nitrogens with one attached hydrogen (secondary N) is 1. The maximum atomic E-state index is 12.2. The molecule has 0 aliphatic carbocycles. The highest BCUT2D eigenvalue weighted by molar-refractivity contribution is 5.85. The van der Waals surface area contributed by atoms with Crippen LogP contribution in [0.25, 0.3) is 16.8 Å². The normalized spacial score (nSPS) is 13.1. The van der Waals surface area contributed by atoms with Crippen molar-refractivity contribution >= 4 is 22.8 Å². The molecule has 8 nitrogen and oxygen atoms in total. The van der Waals surface area contributed by atoms with E-state index < -0.39 is 5.92 Å². The van der Waals surface area contributed by atoms with Crippen molar-refractivity contribution in [3.63, 3.8) is 0 Å². The summed E-state index contributed by atoms with van der Waals surface area (Å²) < 4.78 is 6.86. The Morgan fingerprint density at radius 3 is 2.90 bits per heavy atom. The van der Waals surface area contributed by atoms with Gasteiger partial charge in [0.25, 0.3) is 0 Å². The van der Waals surface area contributed by atoms with E-state index in [4.69, 9.17) is 4.74 Å². The van der Waals surface area contributed by atoms with E-state index in [1.165, 1.54) is 0 Å². The van der Waals surface area contributed by atoms with Gasteiger partial charge in [-0.1, -0.05) is 13.8 Å². The van der Waals surface area contributed by atoms with E-state index in [-0.39, 0.29) is 11.9 Å². The number of aromatic nitrogens is 6. The number of hydrogen-bond acceptors (Lipinski definition) is 6. The largest absolute Gasteiger partial charge is 0.465 e. The van der Waals surface area contributed by atoms with Gasteiger partial charge in [0.1, 0.15) is 17.8 Å². The van der Waals surface area contributed by atoms with Crippen molar-refractivity contribution in [3.8, 4) is 0 Å². The quantitative estimate of drug-likeness (QED) is 0.727. The molecule has 0 saturated heterocycles. The monoisotopic (exact) mass is 288 g/mol. The Morgan fingerprint density at radius 2 is 2.19 bits per heavy atom. The molecule has 3 aromatic heterocycles. The number of rotatable bonds is 4. The molecule has 0 aromatic carbocycles. The molecule has 0 saturated carbocycles. The van der Waals surface area contributed by atoms with E-state index in [0.717, 1.165) is 0 Å². The van der Waals surface area contributed by atoms with Crippen LogP contribution in [-0.4, -0.2) is 42.1 Å². The van der Waals surface area contributed by atoms with E-state index in [0.29, 0.717) is 29.2 Å². The maximum absolute atomic E-state index is 12.2. The summed E-state index contributed by atoms with van der Waals surface area (Å²) in [6.45, 7) is 6.02. The minimum Gasteiger partial charge on any atom is -0.465 e. The minimum absolute atomic E-state index is 0.0360. The van der Waals surface area contributed by atoms with Gasteiger partial charge >= 0.3 is 5.97 Å². The Morgan fingerprint density at radius 1 is 1.38 bits per heavy atom. The highest BCUT2D eigenvalue weighted by Crippen LogP contribution is 2.26.